The second-order valence-electron chi connectivity index (χ2n) is 7.19. The Labute approximate surface area is 151 Å². The van der Waals surface area contributed by atoms with Crippen molar-refractivity contribution in [3.63, 3.8) is 0 Å². The zero-order valence-electron chi connectivity index (χ0n) is 14.3. The Morgan fingerprint density at radius 1 is 1.32 bits per heavy atom. The third-order valence-corrected chi connectivity index (χ3v) is 5.34. The Morgan fingerprint density at radius 2 is 2.12 bits per heavy atom. The molecule has 0 aromatic heterocycles. The number of anilines is 1. The Kier molecular flexibility index (Phi) is 4.02. The number of nitrogens with zero attached hydrogens (tertiary/aromatic N) is 1. The molecule has 134 valence electrons. The van der Waals surface area contributed by atoms with E-state index in [1.807, 2.05) is 18.2 Å². The maximum absolute atomic E-state index is 13.3. The highest BCUT2D eigenvalue weighted by atomic mass is 35.5. The van der Waals surface area contributed by atoms with Gasteiger partial charge in [0.25, 0.3) is 11.8 Å². The summed E-state index contributed by atoms with van der Waals surface area (Å²) in [5.41, 5.74) is 1.81. The van der Waals surface area contributed by atoms with E-state index in [4.69, 9.17) is 21.1 Å². The maximum Gasteiger partial charge on any atom is 0.252 e. The van der Waals surface area contributed by atoms with Crippen LogP contribution >= 0.6 is 11.6 Å². The van der Waals surface area contributed by atoms with Gasteiger partial charge in [-0.15, -0.1) is 0 Å². The fraction of sp³-hybridized carbons (Fsp3) is 0.556. The first-order chi connectivity index (χ1) is 11.9. The van der Waals surface area contributed by atoms with Gasteiger partial charge in [0.1, 0.15) is 12.1 Å². The SMILES string of the molecule is CC1(C)O[C@H]2[C@@H](C(=O)N3CCCCc4c(Cl)cccc43)NC(=O)[C@H]2O1. The third-order valence-electron chi connectivity index (χ3n) is 4.99. The molecule has 2 fully saturated rings. The first kappa shape index (κ1) is 16.8. The third kappa shape index (κ3) is 2.82. The van der Waals surface area contributed by atoms with Crippen molar-refractivity contribution < 1.29 is 19.1 Å². The molecular weight excluding hydrogens is 344 g/mol. The van der Waals surface area contributed by atoms with Crippen molar-refractivity contribution in [2.45, 2.75) is 57.1 Å². The van der Waals surface area contributed by atoms with E-state index in [-0.39, 0.29) is 11.8 Å². The molecule has 0 bridgehead atoms. The molecule has 1 aromatic rings. The minimum absolute atomic E-state index is 0.174. The predicted octanol–water partition coefficient (Wildman–Crippen LogP) is 2.03. The number of hydrogen-bond acceptors (Lipinski definition) is 4. The van der Waals surface area contributed by atoms with Gasteiger partial charge in [0.15, 0.2) is 11.9 Å². The van der Waals surface area contributed by atoms with Gasteiger partial charge in [-0.25, -0.2) is 0 Å². The van der Waals surface area contributed by atoms with Gasteiger partial charge in [-0.05, 0) is 50.8 Å². The van der Waals surface area contributed by atoms with E-state index in [1.165, 1.54) is 0 Å². The molecule has 4 rings (SSSR count). The minimum Gasteiger partial charge on any atom is -0.341 e. The van der Waals surface area contributed by atoms with Crippen LogP contribution in [0.5, 0.6) is 0 Å². The minimum atomic E-state index is -0.869. The highest BCUT2D eigenvalue weighted by Crippen LogP contribution is 2.36. The Balaban J connectivity index is 1.66. The van der Waals surface area contributed by atoms with Gasteiger partial charge in [-0.2, -0.15) is 0 Å². The first-order valence-electron chi connectivity index (χ1n) is 8.62. The lowest BCUT2D eigenvalue weighted by molar-refractivity contribution is -0.164. The highest BCUT2D eigenvalue weighted by molar-refractivity contribution is 6.32. The quantitative estimate of drug-likeness (QED) is 0.828. The lowest BCUT2D eigenvalue weighted by atomic mass is 10.1. The monoisotopic (exact) mass is 364 g/mol. The van der Waals surface area contributed by atoms with Crippen LogP contribution in [0.25, 0.3) is 0 Å². The molecule has 2 saturated heterocycles. The van der Waals surface area contributed by atoms with Gasteiger partial charge in [-0.3, -0.25) is 9.59 Å². The number of carbonyl (C=O) groups is 2. The number of rotatable bonds is 1. The van der Waals surface area contributed by atoms with Crippen LogP contribution in [-0.4, -0.2) is 42.4 Å². The molecule has 3 aliphatic rings. The van der Waals surface area contributed by atoms with Crippen LogP contribution in [0.2, 0.25) is 5.02 Å². The van der Waals surface area contributed by atoms with Crippen molar-refractivity contribution in [2.75, 3.05) is 11.4 Å². The van der Waals surface area contributed by atoms with Crippen LogP contribution in [0.3, 0.4) is 0 Å². The van der Waals surface area contributed by atoms with Crippen LogP contribution in [-0.2, 0) is 25.5 Å². The number of amides is 2. The summed E-state index contributed by atoms with van der Waals surface area (Å²) < 4.78 is 11.5. The van der Waals surface area contributed by atoms with Crippen molar-refractivity contribution in [1.82, 2.24) is 5.32 Å². The smallest absolute Gasteiger partial charge is 0.252 e. The van der Waals surface area contributed by atoms with E-state index in [2.05, 4.69) is 5.32 Å². The van der Waals surface area contributed by atoms with E-state index in [0.29, 0.717) is 11.6 Å². The van der Waals surface area contributed by atoms with Gasteiger partial charge in [0.05, 0.1) is 0 Å². The fourth-order valence-electron chi connectivity index (χ4n) is 3.89. The Morgan fingerprint density at radius 3 is 2.92 bits per heavy atom. The number of ether oxygens (including phenoxy) is 2. The van der Waals surface area contributed by atoms with Crippen molar-refractivity contribution in [1.29, 1.82) is 0 Å². The van der Waals surface area contributed by atoms with E-state index in [1.54, 1.807) is 18.7 Å². The zero-order chi connectivity index (χ0) is 17.8. The number of benzene rings is 1. The molecule has 3 aliphatic heterocycles. The van der Waals surface area contributed by atoms with Crippen molar-refractivity contribution in [2.24, 2.45) is 0 Å². The van der Waals surface area contributed by atoms with E-state index < -0.39 is 24.0 Å². The summed E-state index contributed by atoms with van der Waals surface area (Å²) in [6, 6.07) is 4.86. The van der Waals surface area contributed by atoms with Crippen molar-refractivity contribution in [3.8, 4) is 0 Å². The number of hydrogen-bond donors (Lipinski definition) is 1. The summed E-state index contributed by atoms with van der Waals surface area (Å²) in [4.78, 5) is 27.2. The predicted molar refractivity (Wildman–Crippen MR) is 92.5 cm³/mol. The summed E-state index contributed by atoms with van der Waals surface area (Å²) in [5.74, 6) is -1.34. The summed E-state index contributed by atoms with van der Waals surface area (Å²) in [6.07, 6.45) is 1.34. The summed E-state index contributed by atoms with van der Waals surface area (Å²) in [5, 5.41) is 3.42. The van der Waals surface area contributed by atoms with E-state index in [9.17, 15) is 9.59 Å². The molecule has 0 saturated carbocycles. The number of carbonyl (C=O) groups excluding carboxylic acids is 2. The maximum atomic E-state index is 13.3. The summed E-state index contributed by atoms with van der Waals surface area (Å²) in [7, 11) is 0. The van der Waals surface area contributed by atoms with Crippen molar-refractivity contribution in [3.05, 3.63) is 28.8 Å². The average molecular weight is 365 g/mol. The fourth-order valence-corrected chi connectivity index (χ4v) is 4.16. The molecule has 1 N–H and O–H groups in total. The normalized spacial score (nSPS) is 30.4. The number of halogens is 1. The molecule has 3 atom stereocenters. The van der Waals surface area contributed by atoms with Crippen LogP contribution in [0.1, 0.15) is 32.3 Å². The van der Waals surface area contributed by atoms with Crippen LogP contribution in [0.4, 0.5) is 5.69 Å². The molecule has 0 radical (unpaired) electrons. The number of fused-ring (bicyclic) bond motifs is 2. The molecular formula is C18H21ClN2O4. The molecule has 0 unspecified atom stereocenters. The number of nitrogens with one attached hydrogen (secondary N) is 1. The average Bonchev–Trinajstić information content (AvgIpc) is 2.91. The Hall–Kier alpha value is -1.63. The molecule has 6 nitrogen and oxygen atoms in total. The second kappa shape index (κ2) is 5.97. The lowest BCUT2D eigenvalue weighted by Crippen LogP contribution is -2.50. The largest absolute Gasteiger partial charge is 0.341 e. The van der Waals surface area contributed by atoms with Crippen LogP contribution in [0.15, 0.2) is 18.2 Å². The lowest BCUT2D eigenvalue weighted by Gasteiger charge is -2.28. The molecule has 0 aliphatic carbocycles. The van der Waals surface area contributed by atoms with Gasteiger partial charge >= 0.3 is 0 Å². The molecule has 0 spiro atoms. The van der Waals surface area contributed by atoms with E-state index >= 15 is 0 Å². The first-order valence-corrected chi connectivity index (χ1v) is 9.00. The summed E-state index contributed by atoms with van der Waals surface area (Å²) >= 11 is 6.34. The highest BCUT2D eigenvalue weighted by Gasteiger charge is 2.57. The van der Waals surface area contributed by atoms with Crippen molar-refractivity contribution >= 4 is 29.1 Å². The molecule has 25 heavy (non-hydrogen) atoms. The van der Waals surface area contributed by atoms with Gasteiger partial charge in [0.2, 0.25) is 0 Å². The van der Waals surface area contributed by atoms with Gasteiger partial charge in [-0.1, -0.05) is 17.7 Å². The summed E-state index contributed by atoms with van der Waals surface area (Å²) in [6.45, 7) is 4.10. The molecule has 3 heterocycles. The van der Waals surface area contributed by atoms with Crippen LogP contribution in [0, 0.1) is 0 Å². The standard InChI is InChI=1S/C18H21ClN2O4/c1-18(2)24-14-13(20-16(22)15(14)25-18)17(23)21-9-4-3-6-10-11(19)7-5-8-12(10)21/h5,7-8,13-15H,3-4,6,9H2,1-2H3,(H,20,22)/t13-,14-,15-/m0/s1. The van der Waals surface area contributed by atoms with Gasteiger partial charge < -0.3 is 19.7 Å². The van der Waals surface area contributed by atoms with Gasteiger partial charge in [0, 0.05) is 17.3 Å². The second-order valence-corrected chi connectivity index (χ2v) is 7.60. The topological polar surface area (TPSA) is 67.9 Å². The van der Waals surface area contributed by atoms with E-state index in [0.717, 1.165) is 30.5 Å². The zero-order valence-corrected chi connectivity index (χ0v) is 15.0. The van der Waals surface area contributed by atoms with Crippen LogP contribution < -0.4 is 10.2 Å². The Bertz CT molecular complexity index is 736. The molecule has 7 heteroatoms. The molecule has 2 amide bonds. The molecule has 1 aromatic carbocycles.